The zero-order valence-electron chi connectivity index (χ0n) is 11.3. The van der Waals surface area contributed by atoms with Crippen LogP contribution in [0.3, 0.4) is 0 Å². The molecule has 1 aliphatic heterocycles. The highest BCUT2D eigenvalue weighted by atomic mass is 35.5. The van der Waals surface area contributed by atoms with Crippen molar-refractivity contribution in [1.29, 1.82) is 0 Å². The molecular weight excluding hydrogens is 278 g/mol. The molecule has 6 nitrogen and oxygen atoms in total. The Balaban J connectivity index is 0.00000200. The number of aliphatic imine (C=N–C) groups is 1. The van der Waals surface area contributed by atoms with Gasteiger partial charge < -0.3 is 16.4 Å². The Hall–Kier alpha value is -1.82. The van der Waals surface area contributed by atoms with Crippen molar-refractivity contribution >= 4 is 30.1 Å². The molecule has 2 rings (SSSR count). The summed E-state index contributed by atoms with van der Waals surface area (Å²) in [7, 11) is 0. The fourth-order valence-electron chi connectivity index (χ4n) is 2.18. The standard InChI is InChI=1S/C13H19N5O.ClH/c14-13(15)17-12(19)10-5-6-11(16-9-10)18-7-3-1-2-4-8-18;/h5-6,9H,1-4,7-8H2,(H4,14,15,17,19);1H. The molecule has 0 bridgehead atoms. The summed E-state index contributed by atoms with van der Waals surface area (Å²) in [4.78, 5) is 21.7. The Morgan fingerprint density at radius 2 is 1.80 bits per heavy atom. The molecule has 2 heterocycles. The first kappa shape index (κ1) is 16.2. The SMILES string of the molecule is Cl.NC(N)=NC(=O)c1ccc(N2CCCCCC2)nc1. The van der Waals surface area contributed by atoms with E-state index in [2.05, 4.69) is 14.9 Å². The van der Waals surface area contributed by atoms with Gasteiger partial charge in [0, 0.05) is 19.3 Å². The highest BCUT2D eigenvalue weighted by Crippen LogP contribution is 2.17. The number of carbonyl (C=O) groups is 1. The van der Waals surface area contributed by atoms with E-state index in [9.17, 15) is 4.79 Å². The number of pyridine rings is 1. The van der Waals surface area contributed by atoms with Crippen molar-refractivity contribution in [2.75, 3.05) is 18.0 Å². The predicted molar refractivity (Wildman–Crippen MR) is 82.3 cm³/mol. The van der Waals surface area contributed by atoms with Gasteiger partial charge in [-0.2, -0.15) is 4.99 Å². The first-order valence-electron chi connectivity index (χ1n) is 6.52. The maximum Gasteiger partial charge on any atom is 0.281 e. The molecule has 1 aromatic heterocycles. The minimum Gasteiger partial charge on any atom is -0.370 e. The lowest BCUT2D eigenvalue weighted by atomic mass is 10.2. The van der Waals surface area contributed by atoms with Gasteiger partial charge in [0.25, 0.3) is 5.91 Å². The van der Waals surface area contributed by atoms with Crippen LogP contribution in [0, 0.1) is 0 Å². The normalized spacial score (nSPS) is 14.9. The summed E-state index contributed by atoms with van der Waals surface area (Å²) < 4.78 is 0. The monoisotopic (exact) mass is 297 g/mol. The van der Waals surface area contributed by atoms with Crippen LogP contribution in [0.1, 0.15) is 36.0 Å². The summed E-state index contributed by atoms with van der Waals surface area (Å²) in [6.45, 7) is 2.04. The van der Waals surface area contributed by atoms with E-state index in [-0.39, 0.29) is 18.4 Å². The van der Waals surface area contributed by atoms with E-state index in [1.807, 2.05) is 6.07 Å². The Bertz CT molecular complexity index is 462. The molecule has 1 saturated heterocycles. The molecule has 0 saturated carbocycles. The second-order valence-corrected chi connectivity index (χ2v) is 4.65. The van der Waals surface area contributed by atoms with Gasteiger partial charge in [0.15, 0.2) is 5.96 Å². The fraction of sp³-hybridized carbons (Fsp3) is 0.462. The molecule has 110 valence electrons. The largest absolute Gasteiger partial charge is 0.370 e. The van der Waals surface area contributed by atoms with E-state index >= 15 is 0 Å². The molecule has 1 aromatic rings. The van der Waals surface area contributed by atoms with Gasteiger partial charge in [-0.15, -0.1) is 12.4 Å². The van der Waals surface area contributed by atoms with Gasteiger partial charge in [-0.1, -0.05) is 12.8 Å². The van der Waals surface area contributed by atoms with E-state index in [4.69, 9.17) is 11.5 Å². The number of guanidine groups is 1. The summed E-state index contributed by atoms with van der Waals surface area (Å²) in [6.07, 6.45) is 6.46. The second kappa shape index (κ2) is 7.69. The Kier molecular flexibility index (Phi) is 6.24. The molecule has 0 aliphatic carbocycles. The number of hydrogen-bond acceptors (Lipinski definition) is 3. The first-order chi connectivity index (χ1) is 9.16. The fourth-order valence-corrected chi connectivity index (χ4v) is 2.18. The van der Waals surface area contributed by atoms with Crippen LogP contribution in [0.2, 0.25) is 0 Å². The molecule has 0 atom stereocenters. The average molecular weight is 298 g/mol. The van der Waals surface area contributed by atoms with E-state index in [1.54, 1.807) is 6.07 Å². The van der Waals surface area contributed by atoms with Gasteiger partial charge in [0.1, 0.15) is 5.82 Å². The van der Waals surface area contributed by atoms with Gasteiger partial charge in [-0.3, -0.25) is 4.79 Å². The van der Waals surface area contributed by atoms with Crippen LogP contribution in [0.15, 0.2) is 23.3 Å². The third-order valence-corrected chi connectivity index (χ3v) is 3.16. The van der Waals surface area contributed by atoms with Gasteiger partial charge in [-0.05, 0) is 25.0 Å². The zero-order chi connectivity index (χ0) is 13.7. The highest BCUT2D eigenvalue weighted by molar-refractivity contribution is 6.01. The van der Waals surface area contributed by atoms with Crippen LogP contribution >= 0.6 is 12.4 Å². The average Bonchev–Trinajstić information content (AvgIpc) is 2.67. The summed E-state index contributed by atoms with van der Waals surface area (Å²) in [6, 6.07) is 3.56. The Morgan fingerprint density at radius 1 is 1.15 bits per heavy atom. The van der Waals surface area contributed by atoms with Gasteiger partial charge in [0.2, 0.25) is 0 Å². The molecule has 0 unspecified atom stereocenters. The topological polar surface area (TPSA) is 97.6 Å². The van der Waals surface area contributed by atoms with Gasteiger partial charge >= 0.3 is 0 Å². The molecule has 0 aromatic carbocycles. The van der Waals surface area contributed by atoms with Crippen LogP contribution in [0.5, 0.6) is 0 Å². The lowest BCUT2D eigenvalue weighted by Gasteiger charge is -2.21. The molecule has 7 heteroatoms. The molecule has 4 N–H and O–H groups in total. The van der Waals surface area contributed by atoms with Gasteiger partial charge in [0.05, 0.1) is 5.56 Å². The highest BCUT2D eigenvalue weighted by Gasteiger charge is 2.12. The first-order valence-corrected chi connectivity index (χ1v) is 6.52. The maximum absolute atomic E-state index is 11.6. The van der Waals surface area contributed by atoms with Crippen molar-refractivity contribution < 1.29 is 4.79 Å². The van der Waals surface area contributed by atoms with Crippen molar-refractivity contribution in [2.24, 2.45) is 16.5 Å². The van der Waals surface area contributed by atoms with Crippen molar-refractivity contribution in [3.63, 3.8) is 0 Å². The van der Waals surface area contributed by atoms with Crippen molar-refractivity contribution in [3.8, 4) is 0 Å². The van der Waals surface area contributed by atoms with E-state index in [1.165, 1.54) is 31.9 Å². The molecule has 20 heavy (non-hydrogen) atoms. The quantitative estimate of drug-likeness (QED) is 0.633. The van der Waals surface area contributed by atoms with Crippen LogP contribution in [-0.4, -0.2) is 29.9 Å². The maximum atomic E-state index is 11.6. The summed E-state index contributed by atoms with van der Waals surface area (Å²) in [5, 5.41) is 0. The van der Waals surface area contributed by atoms with E-state index in [0.717, 1.165) is 18.9 Å². The van der Waals surface area contributed by atoms with Crippen LogP contribution in [0.25, 0.3) is 0 Å². The molecular formula is C13H20ClN5O. The molecule has 1 aliphatic rings. The van der Waals surface area contributed by atoms with Crippen LogP contribution in [-0.2, 0) is 0 Å². The Morgan fingerprint density at radius 3 is 2.30 bits per heavy atom. The number of hydrogen-bond donors (Lipinski definition) is 2. The van der Waals surface area contributed by atoms with Crippen molar-refractivity contribution in [3.05, 3.63) is 23.9 Å². The number of aromatic nitrogens is 1. The summed E-state index contributed by atoms with van der Waals surface area (Å²) in [5.74, 6) is 0.208. The number of anilines is 1. The lowest BCUT2D eigenvalue weighted by molar-refractivity contribution is 0.100. The lowest BCUT2D eigenvalue weighted by Crippen LogP contribution is -2.25. The van der Waals surface area contributed by atoms with Crippen molar-refractivity contribution in [1.82, 2.24) is 4.98 Å². The molecule has 1 amide bonds. The van der Waals surface area contributed by atoms with Gasteiger partial charge in [-0.25, -0.2) is 4.98 Å². The number of nitrogens with zero attached hydrogens (tertiary/aromatic N) is 3. The third-order valence-electron chi connectivity index (χ3n) is 3.16. The van der Waals surface area contributed by atoms with E-state index in [0.29, 0.717) is 5.56 Å². The molecule has 0 radical (unpaired) electrons. The summed E-state index contributed by atoms with van der Waals surface area (Å²) >= 11 is 0. The Labute approximate surface area is 124 Å². The van der Waals surface area contributed by atoms with Crippen LogP contribution < -0.4 is 16.4 Å². The minimum absolute atomic E-state index is 0. The van der Waals surface area contributed by atoms with Crippen molar-refractivity contribution in [2.45, 2.75) is 25.7 Å². The molecule has 0 spiro atoms. The third kappa shape index (κ3) is 4.38. The van der Waals surface area contributed by atoms with E-state index < -0.39 is 5.91 Å². The van der Waals surface area contributed by atoms with Crippen LogP contribution in [0.4, 0.5) is 5.82 Å². The number of carbonyl (C=O) groups excluding carboxylic acids is 1. The number of nitrogens with two attached hydrogens (primary N) is 2. The predicted octanol–water partition coefficient (Wildman–Crippen LogP) is 1.30. The second-order valence-electron chi connectivity index (χ2n) is 4.65. The number of rotatable bonds is 2. The minimum atomic E-state index is -0.463. The summed E-state index contributed by atoms with van der Waals surface area (Å²) in [5.41, 5.74) is 10.7. The smallest absolute Gasteiger partial charge is 0.281 e. The zero-order valence-corrected chi connectivity index (χ0v) is 12.1. The number of amides is 1. The number of halogens is 1. The molecule has 1 fully saturated rings.